The molecule has 1 unspecified atom stereocenters. The van der Waals surface area contributed by atoms with Crippen molar-refractivity contribution >= 4 is 17.2 Å². The van der Waals surface area contributed by atoms with Crippen LogP contribution >= 0.6 is 17.2 Å². The van der Waals surface area contributed by atoms with Crippen LogP contribution in [0.5, 0.6) is 17.2 Å². The molecular weight excluding hydrogens is 486 g/mol. The van der Waals surface area contributed by atoms with Gasteiger partial charge in [-0.25, -0.2) is 0 Å². The topological polar surface area (TPSA) is 75.6 Å². The SMILES string of the molecule is CC(C)c1ccc(OP2OCC3(CCOP(Oc4ccccc4)O3)CO2)c(-c2ccc(O)cc2)c1. The van der Waals surface area contributed by atoms with Crippen LogP contribution in [-0.4, -0.2) is 30.5 Å². The Morgan fingerprint density at radius 3 is 2.31 bits per heavy atom. The number of phenols is 1. The van der Waals surface area contributed by atoms with Gasteiger partial charge in [0.2, 0.25) is 0 Å². The van der Waals surface area contributed by atoms with Crippen LogP contribution in [0.15, 0.2) is 72.8 Å². The van der Waals surface area contributed by atoms with Crippen molar-refractivity contribution in [3.8, 4) is 28.4 Å². The third kappa shape index (κ3) is 5.95. The monoisotopic (exact) mass is 514 g/mol. The molecule has 2 saturated heterocycles. The molecular formula is C26H28O7P2. The Labute approximate surface area is 207 Å². The largest absolute Gasteiger partial charge is 0.508 e. The Balaban J connectivity index is 1.26. The number of aromatic hydroxyl groups is 1. The van der Waals surface area contributed by atoms with Gasteiger partial charge in [0.25, 0.3) is 0 Å². The van der Waals surface area contributed by atoms with Gasteiger partial charge in [-0.2, -0.15) is 0 Å². The molecule has 0 aromatic heterocycles. The fraction of sp³-hybridized carbons (Fsp3) is 0.308. The van der Waals surface area contributed by atoms with Crippen molar-refractivity contribution in [3.05, 3.63) is 78.4 Å². The van der Waals surface area contributed by atoms with Crippen LogP contribution in [0.3, 0.4) is 0 Å². The fourth-order valence-corrected chi connectivity index (χ4v) is 6.12. The second-order valence-corrected chi connectivity index (χ2v) is 11.0. The molecule has 9 heteroatoms. The highest BCUT2D eigenvalue weighted by molar-refractivity contribution is 7.42. The van der Waals surface area contributed by atoms with Gasteiger partial charge in [0.1, 0.15) is 22.8 Å². The number of rotatable bonds is 6. The zero-order valence-electron chi connectivity index (χ0n) is 19.6. The van der Waals surface area contributed by atoms with Gasteiger partial charge in [-0.15, -0.1) is 0 Å². The molecule has 1 atom stereocenters. The molecule has 0 bridgehead atoms. The highest BCUT2D eigenvalue weighted by atomic mass is 31.2. The summed E-state index contributed by atoms with van der Waals surface area (Å²) in [5, 5.41) is 9.70. The average Bonchev–Trinajstić information content (AvgIpc) is 2.87. The van der Waals surface area contributed by atoms with Crippen LogP contribution in [0.25, 0.3) is 11.1 Å². The van der Waals surface area contributed by atoms with Crippen molar-refractivity contribution in [3.63, 3.8) is 0 Å². The summed E-state index contributed by atoms with van der Waals surface area (Å²) in [5.41, 5.74) is 2.44. The first-order valence-electron chi connectivity index (χ1n) is 11.5. The van der Waals surface area contributed by atoms with Crippen LogP contribution < -0.4 is 9.05 Å². The molecule has 2 fully saturated rings. The fourth-order valence-electron chi connectivity index (χ4n) is 3.75. The Bertz CT molecular complexity index is 1120. The smallest absolute Gasteiger partial charge is 0.397 e. The Hall–Kier alpha value is -2.24. The van der Waals surface area contributed by atoms with Gasteiger partial charge in [0, 0.05) is 12.0 Å². The van der Waals surface area contributed by atoms with Crippen LogP contribution in [0, 0.1) is 0 Å². The van der Waals surface area contributed by atoms with Crippen molar-refractivity contribution in [2.75, 3.05) is 19.8 Å². The molecule has 3 aromatic rings. The zero-order chi connectivity index (χ0) is 24.3. The predicted octanol–water partition coefficient (Wildman–Crippen LogP) is 7.32. The zero-order valence-corrected chi connectivity index (χ0v) is 21.4. The lowest BCUT2D eigenvalue weighted by atomic mass is 9.96. The lowest BCUT2D eigenvalue weighted by Gasteiger charge is -2.41. The maximum Gasteiger partial charge on any atom is 0.397 e. The molecule has 5 rings (SSSR count). The van der Waals surface area contributed by atoms with Gasteiger partial charge >= 0.3 is 17.2 Å². The molecule has 1 N–H and O–H groups in total. The van der Waals surface area contributed by atoms with Crippen molar-refractivity contribution in [2.24, 2.45) is 0 Å². The van der Waals surface area contributed by atoms with E-state index in [1.807, 2.05) is 48.5 Å². The minimum absolute atomic E-state index is 0.220. The van der Waals surface area contributed by atoms with Gasteiger partial charge in [0.15, 0.2) is 0 Å². The molecule has 7 nitrogen and oxygen atoms in total. The van der Waals surface area contributed by atoms with E-state index in [-0.39, 0.29) is 5.75 Å². The van der Waals surface area contributed by atoms with Gasteiger partial charge in [-0.3, -0.25) is 13.6 Å². The van der Waals surface area contributed by atoms with Crippen LogP contribution in [0.2, 0.25) is 0 Å². The lowest BCUT2D eigenvalue weighted by Crippen LogP contribution is -2.47. The van der Waals surface area contributed by atoms with E-state index in [1.54, 1.807) is 12.1 Å². The van der Waals surface area contributed by atoms with Crippen LogP contribution in [-0.2, 0) is 18.1 Å². The number of hydrogen-bond donors (Lipinski definition) is 1. The molecule has 0 radical (unpaired) electrons. The van der Waals surface area contributed by atoms with E-state index in [2.05, 4.69) is 26.0 Å². The second-order valence-electron chi connectivity index (χ2n) is 8.80. The summed E-state index contributed by atoms with van der Waals surface area (Å²) in [4.78, 5) is 0. The average molecular weight is 514 g/mol. The van der Waals surface area contributed by atoms with E-state index < -0.39 is 22.8 Å². The summed E-state index contributed by atoms with van der Waals surface area (Å²) in [6.07, 6.45) is 0.648. The first-order chi connectivity index (χ1) is 17.0. The number of phenolic OH excluding ortho intramolecular Hbond substituents is 1. The highest BCUT2D eigenvalue weighted by Crippen LogP contribution is 2.55. The second kappa shape index (κ2) is 10.8. The maximum absolute atomic E-state index is 9.70. The quantitative estimate of drug-likeness (QED) is 0.346. The highest BCUT2D eigenvalue weighted by Gasteiger charge is 2.46. The first kappa shape index (κ1) is 24.5. The third-order valence-corrected chi connectivity index (χ3v) is 8.15. The lowest BCUT2D eigenvalue weighted by molar-refractivity contribution is -0.0902. The van der Waals surface area contributed by atoms with E-state index in [1.165, 1.54) is 5.56 Å². The van der Waals surface area contributed by atoms with E-state index in [9.17, 15) is 5.11 Å². The van der Waals surface area contributed by atoms with E-state index >= 15 is 0 Å². The van der Waals surface area contributed by atoms with Gasteiger partial charge in [-0.05, 0) is 53.4 Å². The van der Waals surface area contributed by atoms with Crippen LogP contribution in [0.1, 0.15) is 31.7 Å². The summed E-state index contributed by atoms with van der Waals surface area (Å²) >= 11 is 0. The molecule has 0 aliphatic carbocycles. The Morgan fingerprint density at radius 2 is 1.60 bits per heavy atom. The normalized spacial score (nSPS) is 24.4. The first-order valence-corrected chi connectivity index (χ1v) is 13.7. The summed E-state index contributed by atoms with van der Waals surface area (Å²) in [5.74, 6) is 1.96. The summed E-state index contributed by atoms with van der Waals surface area (Å²) in [6.45, 7) is 5.47. The minimum atomic E-state index is -1.60. The van der Waals surface area contributed by atoms with Crippen molar-refractivity contribution in [2.45, 2.75) is 31.8 Å². The van der Waals surface area contributed by atoms with E-state index in [4.69, 9.17) is 27.1 Å². The van der Waals surface area contributed by atoms with Crippen LogP contribution in [0.4, 0.5) is 0 Å². The molecule has 2 heterocycles. The standard InChI is InChI=1S/C26H28O7P2/c1-19(2)21-10-13-25(24(16-21)20-8-11-22(27)12-9-20)32-34-29-17-26(18-30-34)14-15-28-35(33-26)31-23-6-4-3-5-7-23/h3-13,16,19,27H,14-15,17-18H2,1-2H3. The molecule has 35 heavy (non-hydrogen) atoms. The number of hydrogen-bond acceptors (Lipinski definition) is 7. The van der Waals surface area contributed by atoms with Gasteiger partial charge < -0.3 is 18.7 Å². The minimum Gasteiger partial charge on any atom is -0.508 e. The summed E-state index contributed by atoms with van der Waals surface area (Å²) in [6, 6.07) is 22.7. The van der Waals surface area contributed by atoms with Crippen molar-refractivity contribution in [1.29, 1.82) is 0 Å². The number of para-hydroxylation sites is 1. The molecule has 0 amide bonds. The Kier molecular flexibility index (Phi) is 7.54. The van der Waals surface area contributed by atoms with Gasteiger partial charge in [0.05, 0.1) is 19.8 Å². The maximum atomic E-state index is 9.70. The summed E-state index contributed by atoms with van der Waals surface area (Å²) < 4.78 is 36.0. The molecule has 2 aliphatic rings. The molecule has 1 spiro atoms. The van der Waals surface area contributed by atoms with E-state index in [0.717, 1.165) is 11.1 Å². The molecule has 3 aromatic carbocycles. The Morgan fingerprint density at radius 1 is 0.857 bits per heavy atom. The molecule has 184 valence electrons. The summed E-state index contributed by atoms with van der Waals surface area (Å²) in [7, 11) is -3.15. The molecule has 2 aliphatic heterocycles. The third-order valence-electron chi connectivity index (χ3n) is 5.83. The van der Waals surface area contributed by atoms with Gasteiger partial charge in [-0.1, -0.05) is 50.2 Å². The predicted molar refractivity (Wildman–Crippen MR) is 135 cm³/mol. The van der Waals surface area contributed by atoms with Crippen molar-refractivity contribution < 1.29 is 32.2 Å². The molecule has 0 saturated carbocycles. The van der Waals surface area contributed by atoms with E-state index in [0.29, 0.717) is 43.7 Å². The van der Waals surface area contributed by atoms with Crippen molar-refractivity contribution in [1.82, 2.24) is 0 Å². The number of benzene rings is 3.